The van der Waals surface area contributed by atoms with Crippen LogP contribution in [0.4, 0.5) is 4.39 Å². The van der Waals surface area contributed by atoms with E-state index in [1.54, 1.807) is 35.4 Å². The molecular formula is C22H21FN4O3. The molecule has 8 heteroatoms. The van der Waals surface area contributed by atoms with Crippen LogP contribution in [0.15, 0.2) is 47.0 Å². The molecule has 154 valence electrons. The van der Waals surface area contributed by atoms with Gasteiger partial charge in [-0.15, -0.1) is 10.2 Å². The molecule has 1 saturated carbocycles. The fourth-order valence-electron chi connectivity index (χ4n) is 4.06. The average molecular weight is 408 g/mol. The third kappa shape index (κ3) is 3.27. The van der Waals surface area contributed by atoms with Gasteiger partial charge in [0.05, 0.1) is 11.7 Å². The lowest BCUT2D eigenvalue weighted by molar-refractivity contribution is 0.0277. The molecule has 7 nitrogen and oxygen atoms in total. The molecule has 3 aromatic rings. The highest BCUT2D eigenvalue weighted by atomic mass is 19.1. The van der Waals surface area contributed by atoms with Gasteiger partial charge in [-0.3, -0.25) is 9.78 Å². The Balaban J connectivity index is 1.44. The zero-order valence-electron chi connectivity index (χ0n) is 16.4. The van der Waals surface area contributed by atoms with Crippen molar-refractivity contribution in [1.29, 1.82) is 0 Å². The topological polar surface area (TPSA) is 92.4 Å². The number of hydrogen-bond acceptors (Lipinski definition) is 6. The van der Waals surface area contributed by atoms with E-state index >= 15 is 0 Å². The molecule has 0 spiro atoms. The number of alkyl halides is 1. The predicted molar refractivity (Wildman–Crippen MR) is 105 cm³/mol. The van der Waals surface area contributed by atoms with E-state index in [-0.39, 0.29) is 29.6 Å². The van der Waals surface area contributed by atoms with E-state index < -0.39 is 12.3 Å². The number of hydrogen-bond donors (Lipinski definition) is 1. The number of fused-ring (bicyclic) bond motifs is 1. The van der Waals surface area contributed by atoms with E-state index in [1.807, 2.05) is 12.1 Å². The molecule has 1 aromatic carbocycles. The number of rotatable bonds is 6. The summed E-state index contributed by atoms with van der Waals surface area (Å²) >= 11 is 0. The number of aliphatic hydroxyl groups excluding tert-OH is 1. The van der Waals surface area contributed by atoms with Gasteiger partial charge >= 0.3 is 0 Å². The van der Waals surface area contributed by atoms with Crippen molar-refractivity contribution in [3.8, 4) is 11.5 Å². The highest BCUT2D eigenvalue weighted by Gasteiger charge is 2.45. The van der Waals surface area contributed by atoms with Gasteiger partial charge in [-0.1, -0.05) is 12.1 Å². The first kappa shape index (κ1) is 18.9. The van der Waals surface area contributed by atoms with E-state index in [9.17, 15) is 14.3 Å². The second-order valence-electron chi connectivity index (χ2n) is 7.89. The molecule has 3 heterocycles. The van der Waals surface area contributed by atoms with Gasteiger partial charge in [0.25, 0.3) is 11.8 Å². The Labute approximate surface area is 172 Å². The van der Waals surface area contributed by atoms with Crippen molar-refractivity contribution in [2.75, 3.05) is 0 Å². The molecule has 2 aromatic heterocycles. The molecule has 3 atom stereocenters. The first-order chi connectivity index (χ1) is 14.5. The summed E-state index contributed by atoms with van der Waals surface area (Å²) in [6.45, 7) is 1.75. The predicted octanol–water partition coefficient (Wildman–Crippen LogP) is 3.63. The van der Waals surface area contributed by atoms with Gasteiger partial charge in [0, 0.05) is 23.9 Å². The lowest BCUT2D eigenvalue weighted by Gasteiger charge is -2.31. The van der Waals surface area contributed by atoms with Gasteiger partial charge < -0.3 is 14.4 Å². The molecule has 30 heavy (non-hydrogen) atoms. The summed E-state index contributed by atoms with van der Waals surface area (Å²) < 4.78 is 18.8. The maximum Gasteiger partial charge on any atom is 0.254 e. The maximum atomic E-state index is 13.4. The Hall–Kier alpha value is -3.13. The van der Waals surface area contributed by atoms with Gasteiger partial charge in [-0.2, -0.15) is 0 Å². The summed E-state index contributed by atoms with van der Waals surface area (Å²) in [5.41, 5.74) is 2.55. The molecule has 1 amide bonds. The summed E-state index contributed by atoms with van der Waals surface area (Å²) in [7, 11) is 0. The second-order valence-corrected chi connectivity index (χ2v) is 7.89. The summed E-state index contributed by atoms with van der Waals surface area (Å²) in [6, 6.07) is 10.4. The van der Waals surface area contributed by atoms with Crippen LogP contribution in [0.3, 0.4) is 0 Å². The number of benzene rings is 1. The Morgan fingerprint density at radius 3 is 2.73 bits per heavy atom. The normalized spacial score (nSPS) is 18.9. The van der Waals surface area contributed by atoms with Crippen LogP contribution >= 0.6 is 0 Å². The highest BCUT2D eigenvalue weighted by Crippen LogP contribution is 2.43. The second kappa shape index (κ2) is 7.28. The number of carbonyl (C=O) groups excluding carboxylic acids is 1. The Bertz CT molecular complexity index is 1080. The molecule has 1 unspecified atom stereocenters. The van der Waals surface area contributed by atoms with Crippen LogP contribution in [0.2, 0.25) is 0 Å². The Morgan fingerprint density at radius 2 is 2.07 bits per heavy atom. The molecule has 2 aliphatic rings. The fraction of sp³-hybridized carbons (Fsp3) is 0.364. The summed E-state index contributed by atoms with van der Waals surface area (Å²) in [5, 5.41) is 18.6. The average Bonchev–Trinajstić information content (AvgIpc) is 3.36. The zero-order valence-corrected chi connectivity index (χ0v) is 16.4. The molecule has 1 aliphatic carbocycles. The molecule has 1 N–H and O–H groups in total. The van der Waals surface area contributed by atoms with Crippen molar-refractivity contribution in [2.45, 2.75) is 44.6 Å². The molecule has 5 rings (SSSR count). The zero-order chi connectivity index (χ0) is 20.8. The number of aliphatic hydroxyl groups is 1. The molecule has 0 saturated heterocycles. The van der Waals surface area contributed by atoms with Crippen molar-refractivity contribution in [3.05, 3.63) is 65.3 Å². The van der Waals surface area contributed by atoms with Crippen molar-refractivity contribution in [1.82, 2.24) is 20.1 Å². The van der Waals surface area contributed by atoms with Crippen LogP contribution in [-0.4, -0.2) is 37.1 Å². The van der Waals surface area contributed by atoms with Gasteiger partial charge in [0.15, 0.2) is 6.17 Å². The monoisotopic (exact) mass is 408 g/mol. The number of aromatic nitrogens is 3. The van der Waals surface area contributed by atoms with E-state index in [0.29, 0.717) is 23.4 Å². The van der Waals surface area contributed by atoms with Crippen LogP contribution in [0.5, 0.6) is 0 Å². The van der Waals surface area contributed by atoms with Crippen LogP contribution < -0.4 is 0 Å². The minimum atomic E-state index is -1.36. The van der Waals surface area contributed by atoms with Gasteiger partial charge in [0.1, 0.15) is 6.10 Å². The number of amides is 1. The van der Waals surface area contributed by atoms with Crippen LogP contribution in [0.25, 0.3) is 11.5 Å². The molecule has 0 bridgehead atoms. The van der Waals surface area contributed by atoms with Gasteiger partial charge in [-0.25, -0.2) is 4.39 Å². The number of halogens is 1. The largest absolute Gasteiger partial charge is 0.418 e. The summed E-state index contributed by atoms with van der Waals surface area (Å²) in [4.78, 5) is 19.3. The van der Waals surface area contributed by atoms with Crippen molar-refractivity contribution >= 4 is 5.91 Å². The van der Waals surface area contributed by atoms with Crippen molar-refractivity contribution < 1.29 is 18.7 Å². The van der Waals surface area contributed by atoms with Gasteiger partial charge in [-0.05, 0) is 55.5 Å². The molecule has 1 fully saturated rings. The first-order valence-electron chi connectivity index (χ1n) is 10.0. The maximum absolute atomic E-state index is 13.4. The third-order valence-electron chi connectivity index (χ3n) is 5.75. The lowest BCUT2D eigenvalue weighted by Crippen LogP contribution is -2.41. The quantitative estimate of drug-likeness (QED) is 0.670. The van der Waals surface area contributed by atoms with Crippen LogP contribution in [0, 0.1) is 5.92 Å². The number of carbonyl (C=O) groups is 1. The smallest absolute Gasteiger partial charge is 0.254 e. The molecule has 1 aliphatic heterocycles. The standard InChI is InChI=1S/C22H21FN4O3/c1-12(23)20-25-26-21(30-20)14-7-8-15-11-27(22(29)16(15)10-14)18(13-5-6-13)19(28)17-4-2-3-9-24-17/h2-4,7-10,12-13,18-19,28H,5-6,11H2,1H3/t12?,18-,19+/m1/s1. The number of pyridine rings is 1. The molecule has 0 radical (unpaired) electrons. The fourth-order valence-corrected chi connectivity index (χ4v) is 4.06. The summed E-state index contributed by atoms with van der Waals surface area (Å²) in [5.74, 6) is 0.197. The van der Waals surface area contributed by atoms with E-state index in [4.69, 9.17) is 4.42 Å². The Morgan fingerprint density at radius 1 is 1.23 bits per heavy atom. The van der Waals surface area contributed by atoms with Crippen LogP contribution in [0.1, 0.15) is 59.5 Å². The first-order valence-corrected chi connectivity index (χ1v) is 10.0. The van der Waals surface area contributed by atoms with E-state index in [2.05, 4.69) is 15.2 Å². The van der Waals surface area contributed by atoms with E-state index in [0.717, 1.165) is 18.4 Å². The SMILES string of the molecule is CC(F)c1nnc(-c2ccc3c(c2)C(=O)N([C@H](C2CC2)[C@@H](O)c2ccccn2)C3)o1. The minimum absolute atomic E-state index is 0.0919. The van der Waals surface area contributed by atoms with Crippen molar-refractivity contribution in [3.63, 3.8) is 0 Å². The minimum Gasteiger partial charge on any atom is -0.418 e. The third-order valence-corrected chi connectivity index (χ3v) is 5.75. The summed E-state index contributed by atoms with van der Waals surface area (Å²) in [6.07, 6.45) is 1.40. The molecular weight excluding hydrogens is 387 g/mol. The van der Waals surface area contributed by atoms with Crippen LogP contribution in [-0.2, 0) is 6.54 Å². The van der Waals surface area contributed by atoms with Gasteiger partial charge in [0.2, 0.25) is 5.89 Å². The number of nitrogens with zero attached hydrogens (tertiary/aromatic N) is 4. The lowest BCUT2D eigenvalue weighted by atomic mass is 10.0. The Kier molecular flexibility index (Phi) is 4.58. The van der Waals surface area contributed by atoms with Crippen molar-refractivity contribution in [2.24, 2.45) is 5.92 Å². The highest BCUT2D eigenvalue weighted by molar-refractivity contribution is 5.99. The van der Waals surface area contributed by atoms with E-state index in [1.165, 1.54) is 6.92 Å².